The summed E-state index contributed by atoms with van der Waals surface area (Å²) in [6.07, 6.45) is 0.749. The van der Waals surface area contributed by atoms with E-state index in [4.69, 9.17) is 9.47 Å². The Hall–Kier alpha value is -3.12. The van der Waals surface area contributed by atoms with E-state index in [0.29, 0.717) is 6.61 Å². The van der Waals surface area contributed by atoms with Gasteiger partial charge in [-0.2, -0.15) is 0 Å². The number of rotatable bonds is 5. The minimum Gasteiger partial charge on any atom is -0.468 e. The van der Waals surface area contributed by atoms with E-state index < -0.39 is 5.92 Å². The van der Waals surface area contributed by atoms with E-state index in [1.807, 2.05) is 65.6 Å². The minimum atomic E-state index is -0.553. The largest absolute Gasteiger partial charge is 0.468 e. The second-order valence-electron chi connectivity index (χ2n) is 8.70. The minimum absolute atomic E-state index is 0.0249. The summed E-state index contributed by atoms with van der Waals surface area (Å²) in [5, 5.41) is 1.04. The van der Waals surface area contributed by atoms with Gasteiger partial charge < -0.3 is 19.4 Å². The van der Waals surface area contributed by atoms with Gasteiger partial charge in [0, 0.05) is 23.5 Å². The van der Waals surface area contributed by atoms with Crippen molar-refractivity contribution >= 4 is 22.8 Å². The summed E-state index contributed by atoms with van der Waals surface area (Å²) in [7, 11) is 1.41. The predicted molar refractivity (Wildman–Crippen MR) is 121 cm³/mol. The molecule has 2 aromatic carbocycles. The van der Waals surface area contributed by atoms with Gasteiger partial charge in [-0.1, -0.05) is 55.5 Å². The number of H-pyrrole nitrogens is 1. The Morgan fingerprint density at radius 3 is 2.66 bits per heavy atom. The van der Waals surface area contributed by atoms with Crippen molar-refractivity contribution in [2.75, 3.05) is 13.7 Å². The van der Waals surface area contributed by atoms with E-state index in [0.717, 1.165) is 28.6 Å². The molecule has 32 heavy (non-hydrogen) atoms. The number of para-hydroxylation sites is 1. The fourth-order valence-corrected chi connectivity index (χ4v) is 5.57. The Morgan fingerprint density at radius 1 is 1.19 bits per heavy atom. The summed E-state index contributed by atoms with van der Waals surface area (Å²) in [4.78, 5) is 31.8. The molecule has 2 unspecified atom stereocenters. The molecule has 3 aromatic rings. The first-order chi connectivity index (χ1) is 15.6. The summed E-state index contributed by atoms with van der Waals surface area (Å²) in [6.45, 7) is 2.57. The Kier molecular flexibility index (Phi) is 5.47. The number of nitrogens with one attached hydrogen (secondary N) is 1. The zero-order valence-electron chi connectivity index (χ0n) is 18.4. The molecule has 0 bridgehead atoms. The van der Waals surface area contributed by atoms with E-state index in [2.05, 4.69) is 11.9 Å². The van der Waals surface area contributed by atoms with Gasteiger partial charge in [0.1, 0.15) is 12.1 Å². The first-order valence-corrected chi connectivity index (χ1v) is 11.3. The van der Waals surface area contributed by atoms with Gasteiger partial charge in [-0.3, -0.25) is 9.59 Å². The summed E-state index contributed by atoms with van der Waals surface area (Å²) < 4.78 is 11.5. The van der Waals surface area contributed by atoms with Crippen molar-refractivity contribution in [1.82, 2.24) is 9.88 Å². The molecule has 6 heteroatoms. The summed E-state index contributed by atoms with van der Waals surface area (Å²) >= 11 is 0. The van der Waals surface area contributed by atoms with Crippen molar-refractivity contribution in [3.8, 4) is 0 Å². The quantitative estimate of drug-likeness (QED) is 0.607. The molecule has 2 aliphatic heterocycles. The normalized spacial score (nSPS) is 26.2. The SMILES string of the molecule is CC[C@@H]1C2OC[C@@H](c3ccccc3)N2C(=O)C[C@H]1C(C(=O)OC)c1cc2ccccc2[nH]1. The third kappa shape index (κ3) is 3.39. The lowest BCUT2D eigenvalue weighted by molar-refractivity contribution is -0.158. The van der Waals surface area contributed by atoms with E-state index in [1.54, 1.807) is 0 Å². The Morgan fingerprint density at radius 2 is 1.94 bits per heavy atom. The number of benzene rings is 2. The molecule has 3 heterocycles. The Bertz CT molecular complexity index is 1090. The number of nitrogens with zero attached hydrogens (tertiary/aromatic N) is 1. The van der Waals surface area contributed by atoms with Crippen LogP contribution in [0.15, 0.2) is 60.7 Å². The smallest absolute Gasteiger partial charge is 0.314 e. The van der Waals surface area contributed by atoms with Crippen LogP contribution in [0.2, 0.25) is 0 Å². The van der Waals surface area contributed by atoms with Gasteiger partial charge in [-0.25, -0.2) is 0 Å². The predicted octanol–water partition coefficient (Wildman–Crippen LogP) is 4.40. The number of aromatic amines is 1. The van der Waals surface area contributed by atoms with Gasteiger partial charge in [0.05, 0.1) is 19.8 Å². The molecule has 5 atom stereocenters. The highest BCUT2D eigenvalue weighted by atomic mass is 16.5. The van der Waals surface area contributed by atoms with E-state index >= 15 is 0 Å². The number of carbonyl (C=O) groups excluding carboxylic acids is 2. The fourth-order valence-electron chi connectivity index (χ4n) is 5.57. The zero-order valence-corrected chi connectivity index (χ0v) is 18.4. The molecule has 1 aromatic heterocycles. The van der Waals surface area contributed by atoms with E-state index in [9.17, 15) is 9.59 Å². The fraction of sp³-hybridized carbons (Fsp3) is 0.385. The van der Waals surface area contributed by atoms with Crippen molar-refractivity contribution in [3.63, 3.8) is 0 Å². The number of esters is 1. The highest BCUT2D eigenvalue weighted by Crippen LogP contribution is 2.47. The maximum Gasteiger partial charge on any atom is 0.314 e. The standard InChI is InChI=1S/C26H28N2O4/c1-3-18-19(24(26(30)31-2)21-13-17-11-7-8-12-20(17)27-21)14-23(29)28-22(15-32-25(18)28)16-9-5-4-6-10-16/h4-13,18-19,22,24-25,27H,3,14-15H2,1-2H3/t18-,19+,22-,24?,25?/m0/s1. The molecule has 166 valence electrons. The van der Waals surface area contributed by atoms with Gasteiger partial charge >= 0.3 is 5.97 Å². The topological polar surface area (TPSA) is 71.6 Å². The molecular formula is C26H28N2O4. The van der Waals surface area contributed by atoms with Crippen LogP contribution in [0.3, 0.4) is 0 Å². The molecule has 2 saturated heterocycles. The number of ether oxygens (including phenoxy) is 2. The molecule has 2 aliphatic rings. The number of methoxy groups -OCH3 is 1. The molecule has 0 spiro atoms. The molecule has 5 rings (SSSR count). The van der Waals surface area contributed by atoms with Crippen molar-refractivity contribution in [2.24, 2.45) is 11.8 Å². The van der Waals surface area contributed by atoms with Crippen LogP contribution in [-0.2, 0) is 19.1 Å². The van der Waals surface area contributed by atoms with Crippen molar-refractivity contribution < 1.29 is 19.1 Å². The number of amides is 1. The molecule has 1 amide bonds. The van der Waals surface area contributed by atoms with E-state index in [1.165, 1.54) is 7.11 Å². The van der Waals surface area contributed by atoms with Gasteiger partial charge in [0.25, 0.3) is 0 Å². The third-order valence-electron chi connectivity index (χ3n) is 7.07. The van der Waals surface area contributed by atoms with Gasteiger partial charge in [-0.15, -0.1) is 0 Å². The molecule has 6 nitrogen and oxygen atoms in total. The van der Waals surface area contributed by atoms with Crippen LogP contribution in [-0.4, -0.2) is 41.7 Å². The van der Waals surface area contributed by atoms with Crippen LogP contribution in [0.25, 0.3) is 10.9 Å². The van der Waals surface area contributed by atoms with E-state index in [-0.39, 0.29) is 42.4 Å². The third-order valence-corrected chi connectivity index (χ3v) is 7.07. The number of hydrogen-bond acceptors (Lipinski definition) is 4. The summed E-state index contributed by atoms with van der Waals surface area (Å²) in [6, 6.07) is 19.9. The average molecular weight is 433 g/mol. The lowest BCUT2D eigenvalue weighted by Crippen LogP contribution is -2.52. The van der Waals surface area contributed by atoms with Crippen LogP contribution in [0, 0.1) is 11.8 Å². The molecule has 0 radical (unpaired) electrons. The number of hydrogen-bond donors (Lipinski definition) is 1. The highest BCUT2D eigenvalue weighted by molar-refractivity contribution is 5.86. The molecule has 0 saturated carbocycles. The zero-order chi connectivity index (χ0) is 22.2. The van der Waals surface area contributed by atoms with Gasteiger partial charge in [0.15, 0.2) is 0 Å². The Balaban J connectivity index is 1.51. The van der Waals surface area contributed by atoms with Crippen LogP contribution in [0.5, 0.6) is 0 Å². The molecule has 0 aliphatic carbocycles. The molecular weight excluding hydrogens is 404 g/mol. The number of fused-ring (bicyclic) bond motifs is 2. The van der Waals surface area contributed by atoms with Crippen LogP contribution >= 0.6 is 0 Å². The summed E-state index contributed by atoms with van der Waals surface area (Å²) in [5.74, 6) is -1.02. The van der Waals surface area contributed by atoms with Gasteiger partial charge in [0.2, 0.25) is 5.91 Å². The summed E-state index contributed by atoms with van der Waals surface area (Å²) in [5.41, 5.74) is 2.84. The average Bonchev–Trinajstić information content (AvgIpc) is 3.45. The van der Waals surface area contributed by atoms with Crippen LogP contribution < -0.4 is 0 Å². The maximum absolute atomic E-state index is 13.4. The highest BCUT2D eigenvalue weighted by Gasteiger charge is 2.52. The lowest BCUT2D eigenvalue weighted by Gasteiger charge is -2.44. The number of carbonyl (C=O) groups is 2. The lowest BCUT2D eigenvalue weighted by atomic mass is 9.72. The maximum atomic E-state index is 13.4. The first-order valence-electron chi connectivity index (χ1n) is 11.3. The monoisotopic (exact) mass is 432 g/mol. The second-order valence-corrected chi connectivity index (χ2v) is 8.70. The first kappa shape index (κ1) is 20.8. The van der Waals surface area contributed by atoms with Crippen LogP contribution in [0.1, 0.15) is 43.0 Å². The van der Waals surface area contributed by atoms with Crippen molar-refractivity contribution in [2.45, 2.75) is 38.0 Å². The second kappa shape index (κ2) is 8.43. The Labute approximate surface area is 187 Å². The van der Waals surface area contributed by atoms with Crippen molar-refractivity contribution in [3.05, 3.63) is 71.9 Å². The van der Waals surface area contributed by atoms with Crippen LogP contribution in [0.4, 0.5) is 0 Å². The number of aromatic nitrogens is 1. The van der Waals surface area contributed by atoms with Gasteiger partial charge in [-0.05, 0) is 35.4 Å². The number of piperidine rings is 1. The van der Waals surface area contributed by atoms with Crippen molar-refractivity contribution in [1.29, 1.82) is 0 Å². The molecule has 2 fully saturated rings. The molecule has 1 N–H and O–H groups in total.